The lowest BCUT2D eigenvalue weighted by Gasteiger charge is -2.22. The first kappa shape index (κ1) is 20.7. The van der Waals surface area contributed by atoms with Crippen molar-refractivity contribution in [3.63, 3.8) is 0 Å². The Bertz CT molecular complexity index is 908. The number of benzene rings is 1. The Morgan fingerprint density at radius 2 is 1.71 bits per heavy atom. The fraction of sp³-hybridized carbons (Fsp3) is 0.542. The number of para-hydroxylation sites is 1. The van der Waals surface area contributed by atoms with Crippen molar-refractivity contribution in [2.75, 3.05) is 38.1 Å². The van der Waals surface area contributed by atoms with Crippen LogP contribution < -0.4 is 4.90 Å². The van der Waals surface area contributed by atoms with E-state index in [2.05, 4.69) is 79.4 Å². The van der Waals surface area contributed by atoms with Gasteiger partial charge >= 0.3 is 0 Å². The monoisotopic (exact) mass is 380 g/mol. The zero-order valence-corrected chi connectivity index (χ0v) is 18.3. The predicted octanol–water partition coefficient (Wildman–Crippen LogP) is 5.47. The molecule has 1 aromatic carbocycles. The number of fused-ring (bicyclic) bond motifs is 3. The molecule has 0 amide bonds. The summed E-state index contributed by atoms with van der Waals surface area (Å²) >= 11 is 0. The molecule has 2 heterocycles. The van der Waals surface area contributed by atoms with E-state index in [9.17, 15) is 0 Å². The van der Waals surface area contributed by atoms with Gasteiger partial charge in [-0.1, -0.05) is 45.4 Å². The predicted molar refractivity (Wildman–Crippen MR) is 123 cm³/mol. The van der Waals surface area contributed by atoms with Crippen molar-refractivity contribution in [1.29, 1.82) is 0 Å². The number of aryl methyl sites for hydroxylation is 2. The van der Waals surface area contributed by atoms with Crippen LogP contribution in [-0.4, -0.2) is 47.7 Å². The van der Waals surface area contributed by atoms with Crippen LogP contribution >= 0.6 is 0 Å². The standard InChI is InChI=1S/C24H36N4/c1-6-9-17-28-22-14-11-10-13-20(22)21-18-23(25-19(4)24(21)28)26(5)15-12-16-27(7-2)8-3/h10-11,13-14,18H,6-9,12,15-17H2,1-5H3. The molecule has 0 radical (unpaired) electrons. The molecule has 0 unspecified atom stereocenters. The molecule has 3 aromatic rings. The average molecular weight is 381 g/mol. The maximum absolute atomic E-state index is 4.99. The molecule has 0 aliphatic rings. The van der Waals surface area contributed by atoms with Crippen LogP contribution in [0.2, 0.25) is 0 Å². The maximum Gasteiger partial charge on any atom is 0.129 e. The Kier molecular flexibility index (Phi) is 6.95. The van der Waals surface area contributed by atoms with Crippen LogP contribution in [0.1, 0.15) is 45.7 Å². The number of rotatable bonds is 10. The van der Waals surface area contributed by atoms with Crippen LogP contribution in [0.3, 0.4) is 0 Å². The van der Waals surface area contributed by atoms with Crippen molar-refractivity contribution in [1.82, 2.24) is 14.5 Å². The van der Waals surface area contributed by atoms with Gasteiger partial charge in [-0.15, -0.1) is 0 Å². The highest BCUT2D eigenvalue weighted by Crippen LogP contribution is 2.33. The number of hydrogen-bond acceptors (Lipinski definition) is 3. The number of nitrogens with zero attached hydrogens (tertiary/aromatic N) is 4. The first-order valence-electron chi connectivity index (χ1n) is 10.9. The van der Waals surface area contributed by atoms with Crippen LogP contribution in [0.15, 0.2) is 30.3 Å². The summed E-state index contributed by atoms with van der Waals surface area (Å²) in [6, 6.07) is 11.1. The smallest absolute Gasteiger partial charge is 0.129 e. The molecule has 0 saturated heterocycles. The largest absolute Gasteiger partial charge is 0.360 e. The van der Waals surface area contributed by atoms with Crippen LogP contribution in [0.5, 0.6) is 0 Å². The number of unbranched alkanes of at least 4 members (excludes halogenated alkanes) is 1. The molecule has 3 rings (SSSR count). The van der Waals surface area contributed by atoms with E-state index in [-0.39, 0.29) is 0 Å². The average Bonchev–Trinajstić information content (AvgIpc) is 3.04. The zero-order valence-electron chi connectivity index (χ0n) is 18.3. The van der Waals surface area contributed by atoms with Gasteiger partial charge in [-0.2, -0.15) is 0 Å². The summed E-state index contributed by atoms with van der Waals surface area (Å²) < 4.78 is 2.47. The molecule has 0 atom stereocenters. The lowest BCUT2D eigenvalue weighted by molar-refractivity contribution is 0.301. The molecular formula is C24H36N4. The van der Waals surface area contributed by atoms with Gasteiger partial charge in [0, 0.05) is 36.4 Å². The van der Waals surface area contributed by atoms with Crippen LogP contribution in [0.4, 0.5) is 5.82 Å². The molecular weight excluding hydrogens is 344 g/mol. The maximum atomic E-state index is 4.99. The molecule has 4 nitrogen and oxygen atoms in total. The third-order valence-electron chi connectivity index (χ3n) is 5.90. The van der Waals surface area contributed by atoms with Crippen molar-refractivity contribution in [2.45, 2.75) is 53.5 Å². The first-order valence-corrected chi connectivity index (χ1v) is 10.9. The molecule has 0 fully saturated rings. The number of anilines is 1. The number of aromatic nitrogens is 2. The van der Waals surface area contributed by atoms with Gasteiger partial charge in [0.25, 0.3) is 0 Å². The molecule has 4 heteroatoms. The van der Waals surface area contributed by atoms with Gasteiger partial charge in [-0.05, 0) is 51.5 Å². The van der Waals surface area contributed by atoms with Gasteiger partial charge in [0.05, 0.1) is 11.2 Å². The Morgan fingerprint density at radius 3 is 2.43 bits per heavy atom. The minimum atomic E-state index is 1.03. The lowest BCUT2D eigenvalue weighted by atomic mass is 10.1. The molecule has 0 bridgehead atoms. The van der Waals surface area contributed by atoms with Crippen LogP contribution in [0.25, 0.3) is 21.8 Å². The fourth-order valence-electron chi connectivity index (χ4n) is 4.18. The number of pyridine rings is 1. The molecule has 0 aliphatic carbocycles. The van der Waals surface area contributed by atoms with Crippen molar-refractivity contribution >= 4 is 27.6 Å². The second-order valence-electron chi connectivity index (χ2n) is 7.79. The van der Waals surface area contributed by atoms with Crippen molar-refractivity contribution in [3.05, 3.63) is 36.0 Å². The van der Waals surface area contributed by atoms with E-state index in [0.29, 0.717) is 0 Å². The lowest BCUT2D eigenvalue weighted by Crippen LogP contribution is -2.28. The summed E-state index contributed by atoms with van der Waals surface area (Å²) in [7, 11) is 2.17. The van der Waals surface area contributed by atoms with Gasteiger partial charge in [0.1, 0.15) is 5.82 Å². The van der Waals surface area contributed by atoms with E-state index in [1.807, 2.05) is 0 Å². The van der Waals surface area contributed by atoms with Crippen LogP contribution in [0, 0.1) is 6.92 Å². The van der Waals surface area contributed by atoms with Crippen molar-refractivity contribution in [2.24, 2.45) is 0 Å². The topological polar surface area (TPSA) is 24.3 Å². The highest BCUT2D eigenvalue weighted by molar-refractivity contribution is 6.09. The summed E-state index contributed by atoms with van der Waals surface area (Å²) in [6.45, 7) is 14.4. The van der Waals surface area contributed by atoms with Gasteiger partial charge in [-0.3, -0.25) is 0 Å². The van der Waals surface area contributed by atoms with E-state index in [1.54, 1.807) is 0 Å². The Hall–Kier alpha value is -2.07. The highest BCUT2D eigenvalue weighted by atomic mass is 15.2. The van der Waals surface area contributed by atoms with Gasteiger partial charge in [0.15, 0.2) is 0 Å². The third kappa shape index (κ3) is 4.17. The quantitative estimate of drug-likeness (QED) is 0.466. The van der Waals surface area contributed by atoms with E-state index in [0.717, 1.165) is 50.7 Å². The molecule has 2 aromatic heterocycles. The van der Waals surface area contributed by atoms with E-state index in [1.165, 1.54) is 34.6 Å². The third-order valence-corrected chi connectivity index (χ3v) is 5.90. The highest BCUT2D eigenvalue weighted by Gasteiger charge is 2.15. The molecule has 0 N–H and O–H groups in total. The second-order valence-corrected chi connectivity index (χ2v) is 7.79. The zero-order chi connectivity index (χ0) is 20.1. The minimum Gasteiger partial charge on any atom is -0.360 e. The van der Waals surface area contributed by atoms with E-state index < -0.39 is 0 Å². The fourth-order valence-corrected chi connectivity index (χ4v) is 4.18. The van der Waals surface area contributed by atoms with E-state index in [4.69, 9.17) is 4.98 Å². The van der Waals surface area contributed by atoms with Gasteiger partial charge in [-0.25, -0.2) is 4.98 Å². The first-order chi connectivity index (χ1) is 13.6. The Balaban J connectivity index is 1.93. The molecule has 152 valence electrons. The van der Waals surface area contributed by atoms with Crippen molar-refractivity contribution < 1.29 is 0 Å². The van der Waals surface area contributed by atoms with E-state index >= 15 is 0 Å². The SMILES string of the molecule is CCCCn1c2ccccc2c2cc(N(C)CCCN(CC)CC)nc(C)c21. The summed E-state index contributed by atoms with van der Waals surface area (Å²) in [5.41, 5.74) is 3.77. The summed E-state index contributed by atoms with van der Waals surface area (Å²) in [5, 5.41) is 2.68. The summed E-state index contributed by atoms with van der Waals surface area (Å²) in [4.78, 5) is 9.79. The normalized spacial score (nSPS) is 11.8. The molecule has 0 spiro atoms. The Labute approximate surface area is 170 Å². The molecule has 0 aliphatic heterocycles. The van der Waals surface area contributed by atoms with Gasteiger partial charge < -0.3 is 14.4 Å². The van der Waals surface area contributed by atoms with Gasteiger partial charge in [0.2, 0.25) is 0 Å². The summed E-state index contributed by atoms with van der Waals surface area (Å²) in [5.74, 6) is 1.09. The summed E-state index contributed by atoms with van der Waals surface area (Å²) in [6.07, 6.45) is 3.56. The number of hydrogen-bond donors (Lipinski definition) is 0. The molecule has 0 saturated carbocycles. The Morgan fingerprint density at radius 1 is 0.964 bits per heavy atom. The van der Waals surface area contributed by atoms with Crippen molar-refractivity contribution in [3.8, 4) is 0 Å². The second kappa shape index (κ2) is 9.42. The minimum absolute atomic E-state index is 1.03. The molecule has 28 heavy (non-hydrogen) atoms. The van der Waals surface area contributed by atoms with Crippen LogP contribution in [-0.2, 0) is 6.54 Å².